The van der Waals surface area contributed by atoms with Gasteiger partial charge < -0.3 is 20.4 Å². The van der Waals surface area contributed by atoms with Crippen molar-refractivity contribution in [1.82, 2.24) is 0 Å². The third-order valence-electron chi connectivity index (χ3n) is 1.54. The summed E-state index contributed by atoms with van der Waals surface area (Å²) in [4.78, 5) is 0. The van der Waals surface area contributed by atoms with Crippen LogP contribution >= 0.6 is 0 Å². The summed E-state index contributed by atoms with van der Waals surface area (Å²) in [7, 11) is 0. The van der Waals surface area contributed by atoms with Crippen molar-refractivity contribution in [2.75, 3.05) is 19.8 Å². The van der Waals surface area contributed by atoms with E-state index in [1.807, 2.05) is 6.92 Å². The van der Waals surface area contributed by atoms with Crippen LogP contribution in [0.15, 0.2) is 0 Å². The zero-order chi connectivity index (χ0) is 10.9. The highest BCUT2D eigenvalue weighted by atomic mass is 16.3. The molecule has 1 unspecified atom stereocenters. The average molecular weight is 194 g/mol. The van der Waals surface area contributed by atoms with Crippen molar-refractivity contribution in [3.8, 4) is 0 Å². The largest absolute Gasteiger partial charge is 0.396 e. The van der Waals surface area contributed by atoms with Gasteiger partial charge in [-0.3, -0.25) is 0 Å². The van der Waals surface area contributed by atoms with Gasteiger partial charge in [-0.1, -0.05) is 20.8 Å². The van der Waals surface area contributed by atoms with Gasteiger partial charge in [-0.05, 0) is 6.42 Å². The fourth-order valence-electron chi connectivity index (χ4n) is 0.179. The summed E-state index contributed by atoms with van der Waals surface area (Å²) in [6, 6.07) is 0. The number of aliphatic hydroxyl groups excluding tert-OH is 4. The van der Waals surface area contributed by atoms with Gasteiger partial charge in [0.25, 0.3) is 0 Å². The van der Waals surface area contributed by atoms with Crippen molar-refractivity contribution >= 4 is 0 Å². The SMILES string of the molecule is CC(C)(CO)CO.CCC(O)CO. The minimum Gasteiger partial charge on any atom is -0.396 e. The van der Waals surface area contributed by atoms with Crippen molar-refractivity contribution in [3.05, 3.63) is 0 Å². The smallest absolute Gasteiger partial charge is 0.0768 e. The second-order valence-corrected chi connectivity index (χ2v) is 3.73. The van der Waals surface area contributed by atoms with Crippen LogP contribution in [-0.2, 0) is 0 Å². The second kappa shape index (κ2) is 8.44. The van der Waals surface area contributed by atoms with Crippen molar-refractivity contribution in [2.45, 2.75) is 33.3 Å². The van der Waals surface area contributed by atoms with Crippen LogP contribution in [0.3, 0.4) is 0 Å². The highest BCUT2D eigenvalue weighted by Gasteiger charge is 2.13. The molecule has 0 aromatic heterocycles. The van der Waals surface area contributed by atoms with E-state index in [1.165, 1.54) is 0 Å². The first kappa shape index (κ1) is 15.3. The number of hydrogen-bond acceptors (Lipinski definition) is 4. The highest BCUT2D eigenvalue weighted by Crippen LogP contribution is 2.10. The lowest BCUT2D eigenvalue weighted by Gasteiger charge is -2.16. The number of aliphatic hydroxyl groups is 4. The van der Waals surface area contributed by atoms with Gasteiger partial charge in [0.15, 0.2) is 0 Å². The molecule has 4 heteroatoms. The molecule has 0 amide bonds. The quantitative estimate of drug-likeness (QED) is 0.497. The van der Waals surface area contributed by atoms with Crippen molar-refractivity contribution in [2.24, 2.45) is 5.41 Å². The van der Waals surface area contributed by atoms with Gasteiger partial charge in [0.2, 0.25) is 0 Å². The van der Waals surface area contributed by atoms with Crippen molar-refractivity contribution in [1.29, 1.82) is 0 Å². The van der Waals surface area contributed by atoms with E-state index in [0.717, 1.165) is 0 Å². The van der Waals surface area contributed by atoms with Crippen LogP contribution in [0.5, 0.6) is 0 Å². The Morgan fingerprint density at radius 3 is 1.46 bits per heavy atom. The second-order valence-electron chi connectivity index (χ2n) is 3.73. The first-order valence-corrected chi connectivity index (χ1v) is 4.44. The Balaban J connectivity index is 0. The zero-order valence-corrected chi connectivity index (χ0v) is 8.69. The Hall–Kier alpha value is -0.160. The van der Waals surface area contributed by atoms with E-state index < -0.39 is 6.10 Å². The maximum Gasteiger partial charge on any atom is 0.0768 e. The molecular weight excluding hydrogens is 172 g/mol. The lowest BCUT2D eigenvalue weighted by molar-refractivity contribution is 0.0857. The third-order valence-corrected chi connectivity index (χ3v) is 1.54. The summed E-state index contributed by atoms with van der Waals surface area (Å²) in [5.41, 5.74) is -0.306. The maximum atomic E-state index is 8.43. The molecule has 0 aromatic rings. The Kier molecular flexibility index (Phi) is 9.94. The summed E-state index contributed by atoms with van der Waals surface area (Å²) in [6.45, 7) is 5.39. The van der Waals surface area contributed by atoms with Gasteiger partial charge in [0.05, 0.1) is 25.9 Å². The van der Waals surface area contributed by atoms with Crippen LogP contribution in [0, 0.1) is 5.41 Å². The van der Waals surface area contributed by atoms with Crippen LogP contribution in [-0.4, -0.2) is 46.4 Å². The van der Waals surface area contributed by atoms with Crippen molar-refractivity contribution < 1.29 is 20.4 Å². The highest BCUT2D eigenvalue weighted by molar-refractivity contribution is 4.62. The van der Waals surface area contributed by atoms with Gasteiger partial charge >= 0.3 is 0 Å². The lowest BCUT2D eigenvalue weighted by Crippen LogP contribution is -2.20. The molecule has 4 nitrogen and oxygen atoms in total. The van der Waals surface area contributed by atoms with E-state index in [-0.39, 0.29) is 25.2 Å². The van der Waals surface area contributed by atoms with Gasteiger partial charge in [-0.15, -0.1) is 0 Å². The fourth-order valence-corrected chi connectivity index (χ4v) is 0.179. The summed E-state index contributed by atoms with van der Waals surface area (Å²) >= 11 is 0. The Labute approximate surface area is 79.8 Å². The van der Waals surface area contributed by atoms with Gasteiger partial charge in [0.1, 0.15) is 0 Å². The minimum atomic E-state index is -0.509. The monoisotopic (exact) mass is 194 g/mol. The van der Waals surface area contributed by atoms with Crippen LogP contribution in [0.4, 0.5) is 0 Å². The van der Waals surface area contributed by atoms with E-state index in [2.05, 4.69) is 0 Å². The molecule has 0 fully saturated rings. The normalized spacial score (nSPS) is 13.2. The Bertz CT molecular complexity index is 93.8. The van der Waals surface area contributed by atoms with Gasteiger partial charge in [-0.2, -0.15) is 0 Å². The fraction of sp³-hybridized carbons (Fsp3) is 1.00. The molecule has 0 saturated heterocycles. The minimum absolute atomic E-state index is 0.0451. The summed E-state index contributed by atoms with van der Waals surface area (Å²) in [5, 5.41) is 33.4. The van der Waals surface area contributed by atoms with E-state index in [9.17, 15) is 0 Å². The topological polar surface area (TPSA) is 80.9 Å². The average Bonchev–Trinajstić information content (AvgIpc) is 2.17. The molecule has 0 aliphatic carbocycles. The first-order valence-electron chi connectivity index (χ1n) is 4.44. The van der Waals surface area contributed by atoms with Crippen LogP contribution in [0.2, 0.25) is 0 Å². The molecule has 0 heterocycles. The molecule has 0 radical (unpaired) electrons. The predicted molar refractivity (Wildman–Crippen MR) is 51.3 cm³/mol. The van der Waals surface area contributed by atoms with Crippen molar-refractivity contribution in [3.63, 3.8) is 0 Å². The molecule has 0 rings (SSSR count). The number of hydrogen-bond donors (Lipinski definition) is 4. The molecule has 4 N–H and O–H groups in total. The van der Waals surface area contributed by atoms with E-state index in [4.69, 9.17) is 20.4 Å². The van der Waals surface area contributed by atoms with E-state index >= 15 is 0 Å². The molecule has 0 aliphatic rings. The van der Waals surface area contributed by atoms with Gasteiger partial charge in [0, 0.05) is 5.41 Å². The van der Waals surface area contributed by atoms with Crippen LogP contribution in [0.25, 0.3) is 0 Å². The Morgan fingerprint density at radius 1 is 1.08 bits per heavy atom. The standard InChI is InChI=1S/C5H12O2.C4H10O2/c1-5(2,3-6)4-7;1-2-4(6)3-5/h6-7H,3-4H2,1-2H3;4-6H,2-3H2,1H3. The predicted octanol–water partition coefficient (Wildman–Crippen LogP) is -0.253. The molecule has 13 heavy (non-hydrogen) atoms. The summed E-state index contributed by atoms with van der Waals surface area (Å²) in [5.74, 6) is 0. The van der Waals surface area contributed by atoms with Crippen LogP contribution < -0.4 is 0 Å². The lowest BCUT2D eigenvalue weighted by atomic mass is 9.97. The summed E-state index contributed by atoms with van der Waals surface area (Å²) < 4.78 is 0. The van der Waals surface area contributed by atoms with E-state index in [1.54, 1.807) is 13.8 Å². The first-order chi connectivity index (χ1) is 5.93. The maximum absolute atomic E-state index is 8.43. The van der Waals surface area contributed by atoms with E-state index in [0.29, 0.717) is 6.42 Å². The Morgan fingerprint density at radius 2 is 1.46 bits per heavy atom. The molecule has 82 valence electrons. The summed E-state index contributed by atoms with van der Waals surface area (Å²) in [6.07, 6.45) is 0.126. The van der Waals surface area contributed by atoms with Crippen LogP contribution in [0.1, 0.15) is 27.2 Å². The molecule has 0 saturated carbocycles. The molecule has 0 aliphatic heterocycles. The molecule has 0 spiro atoms. The zero-order valence-electron chi connectivity index (χ0n) is 8.69. The third kappa shape index (κ3) is 11.8. The van der Waals surface area contributed by atoms with Gasteiger partial charge in [-0.25, -0.2) is 0 Å². The molecular formula is C9H22O4. The molecule has 0 bridgehead atoms. The molecule has 1 atom stereocenters. The number of rotatable bonds is 4. The molecule has 0 aromatic carbocycles.